The van der Waals surface area contributed by atoms with E-state index in [-0.39, 0.29) is 0 Å². The molecule has 0 spiro atoms. The number of hydrogen-bond acceptors (Lipinski definition) is 5. The van der Waals surface area contributed by atoms with E-state index in [4.69, 9.17) is 24.4 Å². The number of nitrogens with zero attached hydrogens (tertiary/aromatic N) is 4. The van der Waals surface area contributed by atoms with E-state index in [0.717, 1.165) is 55.3 Å². The van der Waals surface area contributed by atoms with Crippen molar-refractivity contribution in [3.8, 4) is 56.7 Å². The van der Waals surface area contributed by atoms with Crippen LogP contribution in [0.1, 0.15) is 0 Å². The minimum atomic E-state index is 0.623. The van der Waals surface area contributed by atoms with E-state index in [0.29, 0.717) is 23.4 Å². The Hall–Kier alpha value is -5.94. The molecule has 5 heteroatoms. The molecule has 0 bridgehead atoms. The van der Waals surface area contributed by atoms with E-state index in [1.54, 1.807) is 0 Å². The summed E-state index contributed by atoms with van der Waals surface area (Å²) in [5.74, 6) is 2.55. The molecule has 0 aliphatic heterocycles. The first kappa shape index (κ1) is 24.8. The maximum absolute atomic E-state index is 6.13. The van der Waals surface area contributed by atoms with Gasteiger partial charge in [0.05, 0.1) is 0 Å². The summed E-state index contributed by atoms with van der Waals surface area (Å²) in [6.07, 6.45) is 0. The zero-order valence-corrected chi connectivity index (χ0v) is 23.1. The Balaban J connectivity index is 1.20. The van der Waals surface area contributed by atoms with Crippen LogP contribution >= 0.6 is 0 Å². The van der Waals surface area contributed by atoms with Crippen LogP contribution in [0.5, 0.6) is 0 Å². The van der Waals surface area contributed by atoms with Crippen LogP contribution in [0.25, 0.3) is 78.6 Å². The van der Waals surface area contributed by atoms with Crippen molar-refractivity contribution in [3.63, 3.8) is 0 Å². The molecule has 0 amide bonds. The van der Waals surface area contributed by atoms with Gasteiger partial charge in [-0.2, -0.15) is 0 Å². The molecular formula is C38H24N4O. The monoisotopic (exact) mass is 552 g/mol. The second kappa shape index (κ2) is 10.5. The molecule has 0 N–H and O–H groups in total. The highest BCUT2D eigenvalue weighted by molar-refractivity contribution is 6.04. The summed E-state index contributed by atoms with van der Waals surface area (Å²) in [5.41, 5.74) is 7.66. The smallest absolute Gasteiger partial charge is 0.227 e. The van der Waals surface area contributed by atoms with Gasteiger partial charge in [0.2, 0.25) is 5.89 Å². The summed E-state index contributed by atoms with van der Waals surface area (Å²) >= 11 is 0. The molecule has 0 fully saturated rings. The highest BCUT2D eigenvalue weighted by Crippen LogP contribution is 2.37. The van der Waals surface area contributed by atoms with Crippen LogP contribution < -0.4 is 0 Å². The first-order chi connectivity index (χ1) is 21.3. The number of aromatic nitrogens is 4. The summed E-state index contributed by atoms with van der Waals surface area (Å²) in [6, 6.07) is 49.0. The van der Waals surface area contributed by atoms with E-state index >= 15 is 0 Å². The summed E-state index contributed by atoms with van der Waals surface area (Å²) in [5, 5.41) is 2.22. The lowest BCUT2D eigenvalue weighted by atomic mass is 9.94. The fourth-order valence-corrected chi connectivity index (χ4v) is 5.46. The summed E-state index contributed by atoms with van der Waals surface area (Å²) < 4.78 is 6.13. The highest BCUT2D eigenvalue weighted by atomic mass is 16.3. The van der Waals surface area contributed by atoms with E-state index in [1.165, 1.54) is 0 Å². The standard InChI is InChI=1S/C38H24N4O/c1-3-11-26(12-4-1)35-40-36(27-13-5-2-6-14-27)42-37(41-35)28-21-19-25(20-22-28)29-23-24-32(31-16-8-7-15-30(29)31)38-39-33-17-9-10-18-34(33)43-38/h1-24H. The quantitative estimate of drug-likeness (QED) is 0.213. The topological polar surface area (TPSA) is 64.7 Å². The Morgan fingerprint density at radius 1 is 0.349 bits per heavy atom. The van der Waals surface area contributed by atoms with Gasteiger partial charge in [-0.25, -0.2) is 19.9 Å². The molecular weight excluding hydrogens is 528 g/mol. The Bertz CT molecular complexity index is 2130. The van der Waals surface area contributed by atoms with Crippen molar-refractivity contribution in [2.24, 2.45) is 0 Å². The average molecular weight is 553 g/mol. The van der Waals surface area contributed by atoms with Crippen molar-refractivity contribution < 1.29 is 4.42 Å². The fourth-order valence-electron chi connectivity index (χ4n) is 5.46. The molecule has 0 aliphatic rings. The molecule has 202 valence electrons. The van der Waals surface area contributed by atoms with Crippen LogP contribution in [0.2, 0.25) is 0 Å². The first-order valence-electron chi connectivity index (χ1n) is 14.2. The van der Waals surface area contributed by atoms with Crippen LogP contribution in [0.3, 0.4) is 0 Å². The van der Waals surface area contributed by atoms with Crippen molar-refractivity contribution in [2.45, 2.75) is 0 Å². The minimum absolute atomic E-state index is 0.623. The van der Waals surface area contributed by atoms with Gasteiger partial charge in [-0.15, -0.1) is 0 Å². The molecule has 0 aliphatic carbocycles. The molecule has 2 aromatic heterocycles. The molecule has 0 atom stereocenters. The lowest BCUT2D eigenvalue weighted by Crippen LogP contribution is -2.00. The van der Waals surface area contributed by atoms with Gasteiger partial charge in [0.15, 0.2) is 23.1 Å². The minimum Gasteiger partial charge on any atom is -0.436 e. The number of hydrogen-bond donors (Lipinski definition) is 0. The lowest BCUT2D eigenvalue weighted by molar-refractivity contribution is 0.620. The van der Waals surface area contributed by atoms with Crippen LogP contribution in [0.15, 0.2) is 150 Å². The second-order valence-corrected chi connectivity index (χ2v) is 10.3. The zero-order chi connectivity index (χ0) is 28.6. The average Bonchev–Trinajstić information content (AvgIpc) is 3.53. The van der Waals surface area contributed by atoms with Gasteiger partial charge in [-0.1, -0.05) is 127 Å². The third-order valence-electron chi connectivity index (χ3n) is 7.60. The molecule has 5 nitrogen and oxygen atoms in total. The molecule has 0 unspecified atom stereocenters. The van der Waals surface area contributed by atoms with Crippen LogP contribution in [-0.4, -0.2) is 19.9 Å². The first-order valence-corrected chi connectivity index (χ1v) is 14.2. The molecule has 8 rings (SSSR count). The summed E-state index contributed by atoms with van der Waals surface area (Å²) in [4.78, 5) is 19.3. The predicted molar refractivity (Wildman–Crippen MR) is 172 cm³/mol. The third-order valence-corrected chi connectivity index (χ3v) is 7.60. The van der Waals surface area contributed by atoms with Gasteiger partial charge in [0, 0.05) is 22.3 Å². The Morgan fingerprint density at radius 2 is 0.814 bits per heavy atom. The molecule has 43 heavy (non-hydrogen) atoms. The lowest BCUT2D eigenvalue weighted by Gasteiger charge is -2.11. The largest absolute Gasteiger partial charge is 0.436 e. The molecule has 0 saturated heterocycles. The van der Waals surface area contributed by atoms with Gasteiger partial charge in [-0.05, 0) is 40.1 Å². The molecule has 6 aromatic carbocycles. The SMILES string of the molecule is c1ccc(-c2nc(-c3ccccc3)nc(-c3ccc(-c4ccc(-c5nc6ccccc6o5)c5ccccc45)cc3)n2)cc1. The van der Waals surface area contributed by atoms with Crippen molar-refractivity contribution >= 4 is 21.9 Å². The highest BCUT2D eigenvalue weighted by Gasteiger charge is 2.15. The van der Waals surface area contributed by atoms with Crippen molar-refractivity contribution in [1.29, 1.82) is 0 Å². The van der Waals surface area contributed by atoms with Gasteiger partial charge in [0.1, 0.15) is 5.52 Å². The molecule has 0 radical (unpaired) electrons. The van der Waals surface area contributed by atoms with Gasteiger partial charge >= 0.3 is 0 Å². The van der Waals surface area contributed by atoms with Crippen LogP contribution in [-0.2, 0) is 0 Å². The zero-order valence-electron chi connectivity index (χ0n) is 23.1. The number of para-hydroxylation sites is 2. The molecule has 0 saturated carbocycles. The van der Waals surface area contributed by atoms with Crippen molar-refractivity contribution in [2.75, 3.05) is 0 Å². The Kier molecular flexibility index (Phi) is 6.05. The predicted octanol–water partition coefficient (Wildman–Crippen LogP) is 9.50. The van der Waals surface area contributed by atoms with E-state index < -0.39 is 0 Å². The van der Waals surface area contributed by atoms with E-state index in [1.807, 2.05) is 84.9 Å². The number of rotatable bonds is 5. The normalized spacial score (nSPS) is 11.3. The van der Waals surface area contributed by atoms with Gasteiger partial charge in [0.25, 0.3) is 0 Å². The number of fused-ring (bicyclic) bond motifs is 2. The van der Waals surface area contributed by atoms with E-state index in [2.05, 4.69) is 60.7 Å². The van der Waals surface area contributed by atoms with Crippen LogP contribution in [0, 0.1) is 0 Å². The summed E-state index contributed by atoms with van der Waals surface area (Å²) in [7, 11) is 0. The van der Waals surface area contributed by atoms with Gasteiger partial charge < -0.3 is 4.42 Å². The Labute approximate surface area is 248 Å². The van der Waals surface area contributed by atoms with Crippen LogP contribution in [0.4, 0.5) is 0 Å². The Morgan fingerprint density at radius 3 is 1.42 bits per heavy atom. The summed E-state index contributed by atoms with van der Waals surface area (Å²) in [6.45, 7) is 0. The third kappa shape index (κ3) is 4.63. The fraction of sp³-hybridized carbons (Fsp3) is 0. The number of oxazole rings is 1. The van der Waals surface area contributed by atoms with Gasteiger partial charge in [-0.3, -0.25) is 0 Å². The molecule has 2 heterocycles. The van der Waals surface area contributed by atoms with E-state index in [9.17, 15) is 0 Å². The maximum atomic E-state index is 6.13. The van der Waals surface area contributed by atoms with Crippen molar-refractivity contribution in [1.82, 2.24) is 19.9 Å². The van der Waals surface area contributed by atoms with Crippen molar-refractivity contribution in [3.05, 3.63) is 146 Å². The second-order valence-electron chi connectivity index (χ2n) is 10.3. The molecule has 8 aromatic rings. The maximum Gasteiger partial charge on any atom is 0.227 e. The number of benzene rings is 6.